The number of hydrogen-bond acceptors (Lipinski definition) is 6. The largest absolute Gasteiger partial charge is 0.507 e. The quantitative estimate of drug-likeness (QED) is 0.354. The van der Waals surface area contributed by atoms with Gasteiger partial charge in [-0.3, -0.25) is 9.59 Å². The van der Waals surface area contributed by atoms with Crippen LogP contribution in [0.1, 0.15) is 16.8 Å². The van der Waals surface area contributed by atoms with Crippen LogP contribution in [0.15, 0.2) is 24.8 Å². The van der Waals surface area contributed by atoms with E-state index in [0.717, 1.165) is 0 Å². The van der Waals surface area contributed by atoms with Crippen molar-refractivity contribution in [1.29, 1.82) is 0 Å². The number of benzene rings is 1. The number of esters is 1. The molecule has 0 spiro atoms. The van der Waals surface area contributed by atoms with Gasteiger partial charge in [-0.25, -0.2) is 0 Å². The molecule has 6 heteroatoms. The van der Waals surface area contributed by atoms with Gasteiger partial charge in [0.05, 0.1) is 14.2 Å². The van der Waals surface area contributed by atoms with Crippen molar-refractivity contribution in [3.05, 3.63) is 30.4 Å². The van der Waals surface area contributed by atoms with Gasteiger partial charge in [0.25, 0.3) is 0 Å². The van der Waals surface area contributed by atoms with Gasteiger partial charge >= 0.3 is 5.97 Å². The second-order valence-corrected chi connectivity index (χ2v) is 3.80. The Kier molecular flexibility index (Phi) is 5.58. The molecule has 0 fully saturated rings. The lowest BCUT2D eigenvalue weighted by Gasteiger charge is -2.11. The standard InChI is InChI=1S/C14H16O6/c1-4-5-20-13(17)8-11(16)14-10(15)6-9(18-2)7-12(14)19-3/h4,6-7,15H,1,5,8H2,2-3H3. The van der Waals surface area contributed by atoms with E-state index >= 15 is 0 Å². The maximum absolute atomic E-state index is 12.0. The van der Waals surface area contributed by atoms with Gasteiger partial charge in [-0.1, -0.05) is 12.7 Å². The summed E-state index contributed by atoms with van der Waals surface area (Å²) in [6.45, 7) is 3.42. The fourth-order valence-electron chi connectivity index (χ4n) is 1.56. The first-order chi connectivity index (χ1) is 9.53. The van der Waals surface area contributed by atoms with E-state index in [0.29, 0.717) is 5.75 Å². The highest BCUT2D eigenvalue weighted by molar-refractivity contribution is 6.09. The first-order valence-corrected chi connectivity index (χ1v) is 5.78. The Morgan fingerprint density at radius 1 is 1.30 bits per heavy atom. The molecule has 0 amide bonds. The molecule has 1 N–H and O–H groups in total. The summed E-state index contributed by atoms with van der Waals surface area (Å²) in [4.78, 5) is 23.4. The van der Waals surface area contributed by atoms with Crippen LogP contribution in [0.3, 0.4) is 0 Å². The summed E-state index contributed by atoms with van der Waals surface area (Å²) in [6, 6.07) is 2.72. The Bertz CT molecular complexity index is 521. The van der Waals surface area contributed by atoms with Gasteiger partial charge in [-0.15, -0.1) is 0 Å². The van der Waals surface area contributed by atoms with Crippen molar-refractivity contribution in [2.45, 2.75) is 6.42 Å². The third-order valence-electron chi connectivity index (χ3n) is 2.46. The summed E-state index contributed by atoms with van der Waals surface area (Å²) < 4.78 is 14.7. The average Bonchev–Trinajstić information content (AvgIpc) is 2.43. The molecule has 0 atom stereocenters. The number of ether oxygens (including phenoxy) is 3. The number of ketones is 1. The van der Waals surface area contributed by atoms with Gasteiger partial charge in [0.2, 0.25) is 0 Å². The van der Waals surface area contributed by atoms with Gasteiger partial charge in [-0.2, -0.15) is 0 Å². The number of rotatable bonds is 7. The zero-order valence-electron chi connectivity index (χ0n) is 11.3. The Morgan fingerprint density at radius 2 is 2.00 bits per heavy atom. The van der Waals surface area contributed by atoms with E-state index in [-0.39, 0.29) is 23.7 Å². The second-order valence-electron chi connectivity index (χ2n) is 3.80. The molecular formula is C14H16O6. The molecule has 0 unspecified atom stereocenters. The van der Waals surface area contributed by atoms with Gasteiger partial charge in [0.15, 0.2) is 5.78 Å². The molecule has 0 aliphatic carbocycles. The number of carbonyl (C=O) groups is 2. The summed E-state index contributed by atoms with van der Waals surface area (Å²) in [5, 5.41) is 9.84. The van der Waals surface area contributed by atoms with E-state index in [1.54, 1.807) is 0 Å². The van der Waals surface area contributed by atoms with Crippen molar-refractivity contribution < 1.29 is 28.9 Å². The Balaban J connectivity index is 2.97. The van der Waals surface area contributed by atoms with E-state index in [4.69, 9.17) is 14.2 Å². The van der Waals surface area contributed by atoms with Crippen LogP contribution in [0.2, 0.25) is 0 Å². The first-order valence-electron chi connectivity index (χ1n) is 5.78. The van der Waals surface area contributed by atoms with Crippen molar-refractivity contribution in [1.82, 2.24) is 0 Å². The molecular weight excluding hydrogens is 264 g/mol. The highest BCUT2D eigenvalue weighted by Crippen LogP contribution is 2.34. The van der Waals surface area contributed by atoms with Gasteiger partial charge < -0.3 is 19.3 Å². The smallest absolute Gasteiger partial charge is 0.314 e. The molecule has 0 radical (unpaired) electrons. The van der Waals surface area contributed by atoms with Crippen LogP contribution in [0.4, 0.5) is 0 Å². The van der Waals surface area contributed by atoms with Gasteiger partial charge in [0.1, 0.15) is 35.8 Å². The first kappa shape index (κ1) is 15.6. The Morgan fingerprint density at radius 3 is 2.55 bits per heavy atom. The molecule has 0 heterocycles. The molecule has 0 aliphatic rings. The lowest BCUT2D eigenvalue weighted by molar-refractivity contribution is -0.141. The Labute approximate surface area is 116 Å². The minimum Gasteiger partial charge on any atom is -0.507 e. The zero-order valence-corrected chi connectivity index (χ0v) is 11.3. The minimum absolute atomic E-state index is 0.0256. The number of aromatic hydroxyl groups is 1. The summed E-state index contributed by atoms with van der Waals surface area (Å²) in [6.07, 6.45) is 0.901. The maximum Gasteiger partial charge on any atom is 0.314 e. The van der Waals surface area contributed by atoms with Gasteiger partial charge in [-0.05, 0) is 0 Å². The van der Waals surface area contributed by atoms with E-state index < -0.39 is 18.2 Å². The Hall–Kier alpha value is -2.50. The summed E-state index contributed by atoms with van der Waals surface area (Å²) in [5.74, 6) is -1.15. The molecule has 0 saturated heterocycles. The molecule has 0 aromatic heterocycles. The van der Waals surface area contributed by atoms with Crippen LogP contribution in [0.25, 0.3) is 0 Å². The van der Waals surface area contributed by atoms with Crippen LogP contribution >= 0.6 is 0 Å². The summed E-state index contributed by atoms with van der Waals surface area (Å²) in [5.41, 5.74) is -0.0798. The predicted octanol–water partition coefficient (Wildman–Crippen LogP) is 1.71. The topological polar surface area (TPSA) is 82.1 Å². The molecule has 0 aliphatic heterocycles. The normalized spacial score (nSPS) is 9.70. The number of phenols is 1. The van der Waals surface area contributed by atoms with Crippen molar-refractivity contribution in [3.8, 4) is 17.2 Å². The highest BCUT2D eigenvalue weighted by Gasteiger charge is 2.22. The fraction of sp³-hybridized carbons (Fsp3) is 0.286. The number of carbonyl (C=O) groups excluding carboxylic acids is 2. The van der Waals surface area contributed by atoms with Crippen LogP contribution in [-0.4, -0.2) is 37.7 Å². The SMILES string of the molecule is C=CCOC(=O)CC(=O)c1c(O)cc(OC)cc1OC. The van der Waals surface area contributed by atoms with Crippen molar-refractivity contribution in [3.63, 3.8) is 0 Å². The highest BCUT2D eigenvalue weighted by atomic mass is 16.5. The van der Waals surface area contributed by atoms with Gasteiger partial charge in [0, 0.05) is 12.1 Å². The van der Waals surface area contributed by atoms with E-state index in [2.05, 4.69) is 6.58 Å². The van der Waals surface area contributed by atoms with E-state index in [9.17, 15) is 14.7 Å². The zero-order chi connectivity index (χ0) is 15.1. The summed E-state index contributed by atoms with van der Waals surface area (Å²) >= 11 is 0. The maximum atomic E-state index is 12.0. The number of hydrogen-bond donors (Lipinski definition) is 1. The van der Waals surface area contributed by atoms with Crippen LogP contribution in [0.5, 0.6) is 17.2 Å². The second kappa shape index (κ2) is 7.18. The minimum atomic E-state index is -0.702. The third-order valence-corrected chi connectivity index (χ3v) is 2.46. The number of phenolic OH excluding ortho intramolecular Hbond substituents is 1. The molecule has 0 saturated carbocycles. The average molecular weight is 280 g/mol. The van der Waals surface area contributed by atoms with E-state index in [1.807, 2.05) is 0 Å². The molecule has 20 heavy (non-hydrogen) atoms. The lowest BCUT2D eigenvalue weighted by atomic mass is 10.1. The lowest BCUT2D eigenvalue weighted by Crippen LogP contribution is -2.12. The van der Waals surface area contributed by atoms with Crippen LogP contribution in [0, 0.1) is 0 Å². The number of Topliss-reactive ketones (excluding diaryl/α,β-unsaturated/α-hetero) is 1. The summed E-state index contributed by atoms with van der Waals surface area (Å²) in [7, 11) is 2.77. The molecule has 1 rings (SSSR count). The fourth-order valence-corrected chi connectivity index (χ4v) is 1.56. The third kappa shape index (κ3) is 3.74. The van der Waals surface area contributed by atoms with E-state index in [1.165, 1.54) is 32.4 Å². The van der Waals surface area contributed by atoms with Crippen LogP contribution in [-0.2, 0) is 9.53 Å². The molecule has 1 aromatic rings. The molecule has 6 nitrogen and oxygen atoms in total. The van der Waals surface area contributed by atoms with Crippen molar-refractivity contribution in [2.24, 2.45) is 0 Å². The van der Waals surface area contributed by atoms with Crippen LogP contribution < -0.4 is 9.47 Å². The number of methoxy groups -OCH3 is 2. The van der Waals surface area contributed by atoms with Crippen molar-refractivity contribution >= 4 is 11.8 Å². The molecule has 108 valence electrons. The monoisotopic (exact) mass is 280 g/mol. The predicted molar refractivity (Wildman–Crippen MR) is 71.3 cm³/mol. The molecule has 1 aromatic carbocycles. The van der Waals surface area contributed by atoms with Crippen molar-refractivity contribution in [2.75, 3.05) is 20.8 Å². The molecule has 0 bridgehead atoms.